The summed E-state index contributed by atoms with van der Waals surface area (Å²) in [6.45, 7) is 0.865. The van der Waals surface area contributed by atoms with Gasteiger partial charge in [0.25, 0.3) is 0 Å². The van der Waals surface area contributed by atoms with Crippen LogP contribution in [-0.4, -0.2) is 12.0 Å². The van der Waals surface area contributed by atoms with Gasteiger partial charge >= 0.3 is 0 Å². The zero-order valence-corrected chi connectivity index (χ0v) is 7.59. The Balaban J connectivity index is 2.61. The van der Waals surface area contributed by atoms with Crippen LogP contribution in [0.25, 0.3) is 10.9 Å². The van der Waals surface area contributed by atoms with Gasteiger partial charge in [0.2, 0.25) is 0 Å². The summed E-state index contributed by atoms with van der Waals surface area (Å²) in [5.74, 6) is 0. The Morgan fingerprint density at radius 1 is 1.46 bits per heavy atom. The number of benzene rings is 1. The van der Waals surface area contributed by atoms with E-state index < -0.39 is 0 Å². The average molecular weight is 175 g/mol. The van der Waals surface area contributed by atoms with E-state index in [-0.39, 0.29) is 0 Å². The van der Waals surface area contributed by atoms with E-state index in [1.54, 1.807) is 0 Å². The van der Waals surface area contributed by atoms with Crippen LogP contribution in [0.1, 0.15) is 5.56 Å². The molecule has 0 saturated heterocycles. The quantitative estimate of drug-likeness (QED) is 0.605. The number of fused-ring (bicyclic) bond motifs is 1. The third-order valence-corrected chi connectivity index (χ3v) is 2.20. The molecule has 0 spiro atoms. The monoisotopic (exact) mass is 175 g/mol. The second kappa shape index (κ2) is 3.11. The molecule has 3 nitrogen and oxygen atoms in total. The lowest BCUT2D eigenvalue weighted by Gasteiger charge is -1.98. The zero-order valence-electron chi connectivity index (χ0n) is 7.59. The summed E-state index contributed by atoms with van der Waals surface area (Å²) in [4.78, 5) is 3.18. The van der Waals surface area contributed by atoms with E-state index in [0.717, 1.165) is 17.7 Å². The molecule has 1 aromatic heterocycles. The number of hydrogen-bond acceptors (Lipinski definition) is 2. The molecular formula is C10H13N3. The van der Waals surface area contributed by atoms with Crippen molar-refractivity contribution < 1.29 is 0 Å². The first-order valence-electron chi connectivity index (χ1n) is 4.32. The maximum absolute atomic E-state index is 5.81. The third kappa shape index (κ3) is 1.27. The van der Waals surface area contributed by atoms with Gasteiger partial charge in [-0.3, -0.25) is 0 Å². The molecule has 0 atom stereocenters. The van der Waals surface area contributed by atoms with Gasteiger partial charge in [0, 0.05) is 18.1 Å². The minimum atomic E-state index is 0.805. The minimum Gasteiger partial charge on any atom is -0.397 e. The van der Waals surface area contributed by atoms with Crippen molar-refractivity contribution in [1.82, 2.24) is 10.3 Å². The van der Waals surface area contributed by atoms with Gasteiger partial charge in [-0.1, -0.05) is 12.1 Å². The molecule has 68 valence electrons. The van der Waals surface area contributed by atoms with Crippen LogP contribution in [0.3, 0.4) is 0 Å². The number of H-pyrrole nitrogens is 1. The van der Waals surface area contributed by atoms with Crippen molar-refractivity contribution in [2.75, 3.05) is 12.8 Å². The molecule has 0 fully saturated rings. The first-order chi connectivity index (χ1) is 6.33. The molecule has 2 rings (SSSR count). The van der Waals surface area contributed by atoms with Gasteiger partial charge in [-0.15, -0.1) is 0 Å². The zero-order chi connectivity index (χ0) is 9.26. The van der Waals surface area contributed by atoms with Crippen LogP contribution < -0.4 is 11.1 Å². The molecule has 13 heavy (non-hydrogen) atoms. The Kier molecular flexibility index (Phi) is 1.94. The van der Waals surface area contributed by atoms with E-state index in [1.807, 2.05) is 25.4 Å². The molecule has 0 amide bonds. The number of nitrogens with one attached hydrogen (secondary N) is 2. The number of aromatic nitrogens is 1. The Labute approximate surface area is 76.9 Å². The Morgan fingerprint density at radius 3 is 3.08 bits per heavy atom. The molecule has 1 aromatic carbocycles. The van der Waals surface area contributed by atoms with Crippen molar-refractivity contribution >= 4 is 16.6 Å². The molecule has 3 heteroatoms. The van der Waals surface area contributed by atoms with Crippen LogP contribution in [-0.2, 0) is 6.54 Å². The Hall–Kier alpha value is -1.48. The Bertz CT molecular complexity index is 417. The molecule has 0 aliphatic carbocycles. The van der Waals surface area contributed by atoms with Crippen molar-refractivity contribution in [3.8, 4) is 0 Å². The van der Waals surface area contributed by atoms with Gasteiger partial charge < -0.3 is 16.0 Å². The number of hydrogen-bond donors (Lipinski definition) is 3. The fourth-order valence-electron chi connectivity index (χ4n) is 1.57. The molecule has 0 saturated carbocycles. The molecule has 0 bridgehead atoms. The van der Waals surface area contributed by atoms with Gasteiger partial charge in [0.1, 0.15) is 0 Å². The fraction of sp³-hybridized carbons (Fsp3) is 0.200. The van der Waals surface area contributed by atoms with Gasteiger partial charge in [0.15, 0.2) is 0 Å². The van der Waals surface area contributed by atoms with Gasteiger partial charge in [-0.05, 0) is 18.7 Å². The van der Waals surface area contributed by atoms with Gasteiger partial charge in [0.05, 0.1) is 11.2 Å². The summed E-state index contributed by atoms with van der Waals surface area (Å²) in [5.41, 5.74) is 8.91. The highest BCUT2D eigenvalue weighted by molar-refractivity contribution is 5.92. The lowest BCUT2D eigenvalue weighted by atomic mass is 10.1. The van der Waals surface area contributed by atoms with Crippen LogP contribution in [0.2, 0.25) is 0 Å². The molecule has 0 radical (unpaired) electrons. The number of nitrogens with two attached hydrogens (primary N) is 1. The second-order valence-electron chi connectivity index (χ2n) is 3.11. The van der Waals surface area contributed by atoms with Crippen LogP contribution in [0.4, 0.5) is 5.69 Å². The maximum atomic E-state index is 5.81. The van der Waals surface area contributed by atoms with Crippen LogP contribution in [0.15, 0.2) is 24.4 Å². The minimum absolute atomic E-state index is 0.805. The Morgan fingerprint density at radius 2 is 2.31 bits per heavy atom. The highest BCUT2D eigenvalue weighted by atomic mass is 14.8. The highest BCUT2D eigenvalue weighted by Gasteiger charge is 2.03. The largest absolute Gasteiger partial charge is 0.397 e. The van der Waals surface area contributed by atoms with E-state index in [2.05, 4.69) is 16.4 Å². The molecule has 0 aliphatic rings. The number of anilines is 1. The summed E-state index contributed by atoms with van der Waals surface area (Å²) in [6.07, 6.45) is 2.00. The average Bonchev–Trinajstić information content (AvgIpc) is 2.51. The van der Waals surface area contributed by atoms with Gasteiger partial charge in [-0.25, -0.2) is 0 Å². The molecule has 0 aliphatic heterocycles. The predicted octanol–water partition coefficient (Wildman–Crippen LogP) is 1.47. The van der Waals surface area contributed by atoms with Crippen molar-refractivity contribution in [1.29, 1.82) is 0 Å². The SMILES string of the molecule is CNCc1c[nH]c2c(N)cccc12. The topological polar surface area (TPSA) is 53.8 Å². The third-order valence-electron chi connectivity index (χ3n) is 2.20. The lowest BCUT2D eigenvalue weighted by molar-refractivity contribution is 0.823. The normalized spacial score (nSPS) is 10.8. The van der Waals surface area contributed by atoms with Crippen LogP contribution in [0.5, 0.6) is 0 Å². The lowest BCUT2D eigenvalue weighted by Crippen LogP contribution is -2.03. The smallest absolute Gasteiger partial charge is 0.0690 e. The first-order valence-corrected chi connectivity index (χ1v) is 4.32. The van der Waals surface area contributed by atoms with Crippen molar-refractivity contribution in [2.45, 2.75) is 6.54 Å². The van der Waals surface area contributed by atoms with Crippen molar-refractivity contribution in [3.05, 3.63) is 30.0 Å². The highest BCUT2D eigenvalue weighted by Crippen LogP contribution is 2.22. The summed E-state index contributed by atoms with van der Waals surface area (Å²) in [7, 11) is 1.94. The molecule has 1 heterocycles. The standard InChI is InChI=1S/C10H13N3/c1-12-5-7-6-13-10-8(7)3-2-4-9(10)11/h2-4,6,12-13H,5,11H2,1H3. The molecule has 2 aromatic rings. The summed E-state index contributed by atoms with van der Waals surface area (Å²) < 4.78 is 0. The first kappa shape index (κ1) is 8.13. The van der Waals surface area contributed by atoms with Crippen molar-refractivity contribution in [2.24, 2.45) is 0 Å². The predicted molar refractivity (Wildman–Crippen MR) is 55.5 cm³/mol. The number of para-hydroxylation sites is 1. The molecule has 0 unspecified atom stereocenters. The van der Waals surface area contributed by atoms with E-state index in [0.29, 0.717) is 0 Å². The van der Waals surface area contributed by atoms with Crippen LogP contribution in [0, 0.1) is 0 Å². The van der Waals surface area contributed by atoms with Crippen LogP contribution >= 0.6 is 0 Å². The number of aromatic amines is 1. The molecule has 4 N–H and O–H groups in total. The van der Waals surface area contributed by atoms with E-state index >= 15 is 0 Å². The maximum Gasteiger partial charge on any atom is 0.0690 e. The fourth-order valence-corrected chi connectivity index (χ4v) is 1.57. The summed E-state index contributed by atoms with van der Waals surface area (Å²) >= 11 is 0. The second-order valence-corrected chi connectivity index (χ2v) is 3.11. The van der Waals surface area contributed by atoms with E-state index in [4.69, 9.17) is 5.73 Å². The summed E-state index contributed by atoms with van der Waals surface area (Å²) in [5, 5.41) is 4.32. The van der Waals surface area contributed by atoms with Gasteiger partial charge in [-0.2, -0.15) is 0 Å². The van der Waals surface area contributed by atoms with E-state index in [1.165, 1.54) is 10.9 Å². The molecular weight excluding hydrogens is 162 g/mol. The van der Waals surface area contributed by atoms with Crippen molar-refractivity contribution in [3.63, 3.8) is 0 Å². The number of nitrogen functional groups attached to an aromatic ring is 1. The summed E-state index contributed by atoms with van der Waals surface area (Å²) in [6, 6.07) is 5.96. The number of rotatable bonds is 2. The van der Waals surface area contributed by atoms with E-state index in [9.17, 15) is 0 Å².